The number of pyridine rings is 1. The van der Waals surface area contributed by atoms with Crippen molar-refractivity contribution in [1.82, 2.24) is 25.4 Å². The molecule has 1 aromatic heterocycles. The van der Waals surface area contributed by atoms with Gasteiger partial charge in [0.2, 0.25) is 11.8 Å². The number of carbonyl (C=O) groups excluding carboxylic acids is 5. The third kappa shape index (κ3) is 7.21. The summed E-state index contributed by atoms with van der Waals surface area (Å²) < 4.78 is 6.66. The number of rotatable bonds is 9. The Balaban J connectivity index is 0.740. The molecule has 5 heterocycles. The maximum absolute atomic E-state index is 13.6. The van der Waals surface area contributed by atoms with Crippen molar-refractivity contribution < 1.29 is 28.7 Å². The molecular weight excluding hydrogens is 785 g/mol. The average Bonchev–Trinajstić information content (AvgIpc) is 3.52. The third-order valence-electron chi connectivity index (χ3n) is 14.0. The second kappa shape index (κ2) is 15.9. The van der Waals surface area contributed by atoms with Gasteiger partial charge < -0.3 is 19.9 Å². The van der Waals surface area contributed by atoms with Crippen LogP contribution in [0.1, 0.15) is 90.0 Å². The molecule has 1 aliphatic carbocycles. The van der Waals surface area contributed by atoms with Crippen LogP contribution < -0.4 is 25.2 Å². The van der Waals surface area contributed by atoms with Crippen LogP contribution in [0.5, 0.6) is 5.75 Å². The van der Waals surface area contributed by atoms with Gasteiger partial charge in [0.1, 0.15) is 24.0 Å². The standard InChI is InChI=1S/C48H52N8O6/c1-47(2)45(48(3,4)46(47)62-38-15-9-31(27-49)40-35(38)6-5-19-50-40)52-41(58)30-7-10-32(11-8-30)54-20-17-29(18-21-54)28-53-22-24-55(25-23-53)33-12-13-34-36(26-33)44(61)56(43(34)60)37-14-16-39(57)51-42(37)59/h5-13,15,19,26,29,37,45-46H,14,16-18,20-25,28H2,1-4H3,(H,52,58)(H,51,57,59)/t37?,45-,46-. The first kappa shape index (κ1) is 41.0. The molecule has 14 heteroatoms. The number of hydrogen-bond acceptors (Lipinski definition) is 11. The Labute approximate surface area is 361 Å². The Morgan fingerprint density at radius 1 is 0.839 bits per heavy atom. The van der Waals surface area contributed by atoms with Crippen LogP contribution in [-0.4, -0.2) is 108 Å². The van der Waals surface area contributed by atoms with E-state index >= 15 is 0 Å². The van der Waals surface area contributed by atoms with Crippen LogP contribution in [0.3, 0.4) is 0 Å². The van der Waals surface area contributed by atoms with Crippen LogP contribution in [0.2, 0.25) is 0 Å². The van der Waals surface area contributed by atoms with E-state index in [-0.39, 0.29) is 41.7 Å². The van der Waals surface area contributed by atoms with Gasteiger partial charge in [-0.3, -0.25) is 44.1 Å². The van der Waals surface area contributed by atoms with Crippen LogP contribution in [0.15, 0.2) is 72.9 Å². The molecule has 5 amide bonds. The van der Waals surface area contributed by atoms with Crippen molar-refractivity contribution in [2.45, 2.75) is 71.6 Å². The number of nitriles is 1. The van der Waals surface area contributed by atoms with Crippen molar-refractivity contribution in [2.75, 3.05) is 55.6 Å². The highest BCUT2D eigenvalue weighted by Gasteiger charge is 2.64. The lowest BCUT2D eigenvalue weighted by atomic mass is 9.49. The summed E-state index contributed by atoms with van der Waals surface area (Å²) in [4.78, 5) is 76.9. The van der Waals surface area contributed by atoms with E-state index in [1.807, 2.05) is 36.4 Å². The van der Waals surface area contributed by atoms with Gasteiger partial charge >= 0.3 is 0 Å². The molecule has 62 heavy (non-hydrogen) atoms. The number of anilines is 2. The van der Waals surface area contributed by atoms with Crippen molar-refractivity contribution in [2.24, 2.45) is 16.7 Å². The zero-order valence-corrected chi connectivity index (χ0v) is 35.6. The second-order valence-electron chi connectivity index (χ2n) is 18.6. The topological polar surface area (TPSA) is 168 Å². The smallest absolute Gasteiger partial charge is 0.262 e. The molecule has 14 nitrogen and oxygen atoms in total. The molecule has 1 saturated carbocycles. The minimum Gasteiger partial charge on any atom is -0.488 e. The minimum absolute atomic E-state index is 0.0902. The van der Waals surface area contributed by atoms with Gasteiger partial charge in [0, 0.05) is 97.6 Å². The lowest BCUT2D eigenvalue weighted by Gasteiger charge is -2.63. The summed E-state index contributed by atoms with van der Waals surface area (Å²) in [6, 6.07) is 21.7. The molecule has 9 rings (SSSR count). The van der Waals surface area contributed by atoms with Crippen LogP contribution in [0.4, 0.5) is 11.4 Å². The first-order valence-corrected chi connectivity index (χ1v) is 21.7. The highest BCUT2D eigenvalue weighted by atomic mass is 16.5. The molecule has 0 radical (unpaired) electrons. The van der Waals surface area contributed by atoms with Gasteiger partial charge in [-0.25, -0.2) is 0 Å². The maximum Gasteiger partial charge on any atom is 0.262 e. The van der Waals surface area contributed by atoms with E-state index in [1.54, 1.807) is 24.4 Å². The number of hydrogen-bond donors (Lipinski definition) is 2. The van der Waals surface area contributed by atoms with Gasteiger partial charge in [-0.2, -0.15) is 5.26 Å². The van der Waals surface area contributed by atoms with E-state index in [0.717, 1.165) is 80.3 Å². The quantitative estimate of drug-likeness (QED) is 0.214. The number of nitrogens with one attached hydrogen (secondary N) is 2. The van der Waals surface area contributed by atoms with E-state index in [1.165, 1.54) is 0 Å². The number of carbonyl (C=O) groups is 5. The van der Waals surface area contributed by atoms with Gasteiger partial charge in [-0.05, 0) is 91.9 Å². The fraction of sp³-hybridized carbons (Fsp3) is 0.438. The zero-order valence-electron chi connectivity index (χ0n) is 35.6. The van der Waals surface area contributed by atoms with Gasteiger partial charge in [0.25, 0.3) is 17.7 Å². The molecule has 0 spiro atoms. The van der Waals surface area contributed by atoms with Crippen molar-refractivity contribution >= 4 is 51.8 Å². The Hall–Kier alpha value is -6.33. The van der Waals surface area contributed by atoms with Crippen molar-refractivity contribution in [3.63, 3.8) is 0 Å². The summed E-state index contributed by atoms with van der Waals surface area (Å²) in [6.07, 6.45) is 3.88. The lowest BCUT2D eigenvalue weighted by molar-refractivity contribution is -0.163. The molecule has 2 N–H and O–H groups in total. The van der Waals surface area contributed by atoms with E-state index < -0.39 is 29.7 Å². The van der Waals surface area contributed by atoms with Crippen LogP contribution in [0.25, 0.3) is 10.9 Å². The molecule has 3 aromatic carbocycles. The van der Waals surface area contributed by atoms with Crippen LogP contribution >= 0.6 is 0 Å². The number of nitrogens with zero attached hydrogens (tertiary/aromatic N) is 6. The molecule has 1 atom stereocenters. The summed E-state index contributed by atoms with van der Waals surface area (Å²) >= 11 is 0. The van der Waals surface area contributed by atoms with E-state index in [4.69, 9.17) is 4.74 Å². The first-order chi connectivity index (χ1) is 29.7. The number of aromatic nitrogens is 1. The van der Waals surface area contributed by atoms with Crippen molar-refractivity contribution in [3.8, 4) is 11.8 Å². The average molecular weight is 837 g/mol. The SMILES string of the molecule is CC1(C)[C@H](NC(=O)c2ccc(N3CCC(CN4CCN(c5ccc6c(c5)C(=O)N(C5CCC(=O)NC5=O)C6=O)CC4)CC3)cc2)C(C)(C)[C@H]1Oc1ccc(C#N)c2ncccc12. The number of imide groups is 2. The molecule has 0 bridgehead atoms. The van der Waals surface area contributed by atoms with Gasteiger partial charge in [-0.1, -0.05) is 27.7 Å². The number of fused-ring (bicyclic) bond motifs is 2. The summed E-state index contributed by atoms with van der Waals surface area (Å²) in [7, 11) is 0. The zero-order chi connectivity index (χ0) is 43.5. The van der Waals surface area contributed by atoms with E-state index in [2.05, 4.69) is 76.2 Å². The second-order valence-corrected chi connectivity index (χ2v) is 18.6. The highest BCUT2D eigenvalue weighted by Crippen LogP contribution is 2.56. The number of ether oxygens (including phenoxy) is 1. The fourth-order valence-corrected chi connectivity index (χ4v) is 10.9. The predicted molar refractivity (Wildman–Crippen MR) is 233 cm³/mol. The fourth-order valence-electron chi connectivity index (χ4n) is 10.9. The molecule has 4 aromatic rings. The van der Waals surface area contributed by atoms with Crippen LogP contribution in [0, 0.1) is 28.1 Å². The largest absolute Gasteiger partial charge is 0.488 e. The Bertz CT molecular complexity index is 2500. The van der Waals surface area contributed by atoms with Crippen molar-refractivity contribution in [3.05, 3.63) is 95.2 Å². The molecule has 1 unspecified atom stereocenters. The Morgan fingerprint density at radius 2 is 1.52 bits per heavy atom. The molecular formula is C48H52N8O6. The normalized spacial score (nSPS) is 23.7. The predicted octanol–water partition coefficient (Wildman–Crippen LogP) is 5.16. The lowest BCUT2D eigenvalue weighted by Crippen LogP contribution is -2.74. The van der Waals surface area contributed by atoms with Gasteiger partial charge in [-0.15, -0.1) is 0 Å². The summed E-state index contributed by atoms with van der Waals surface area (Å²) in [5.74, 6) is -0.823. The Morgan fingerprint density at radius 3 is 2.21 bits per heavy atom. The van der Waals surface area contributed by atoms with E-state index in [9.17, 15) is 29.2 Å². The first-order valence-electron chi connectivity index (χ1n) is 21.7. The Kier molecular flexibility index (Phi) is 10.5. The van der Waals surface area contributed by atoms with Gasteiger partial charge in [0.15, 0.2) is 0 Å². The number of benzene rings is 3. The molecule has 5 aliphatic rings. The molecule has 4 aliphatic heterocycles. The number of piperazine rings is 1. The maximum atomic E-state index is 13.6. The van der Waals surface area contributed by atoms with E-state index in [0.29, 0.717) is 39.4 Å². The molecule has 4 fully saturated rings. The monoisotopic (exact) mass is 836 g/mol. The minimum atomic E-state index is -0.976. The highest BCUT2D eigenvalue weighted by molar-refractivity contribution is 6.23. The number of amides is 5. The van der Waals surface area contributed by atoms with Crippen molar-refractivity contribution in [1.29, 1.82) is 5.26 Å². The summed E-state index contributed by atoms with van der Waals surface area (Å²) in [5.41, 5.74) is 3.61. The molecule has 3 saturated heterocycles. The number of piperidine rings is 2. The summed E-state index contributed by atoms with van der Waals surface area (Å²) in [5, 5.41) is 15.9. The third-order valence-corrected chi connectivity index (χ3v) is 14.0. The molecule has 320 valence electrons. The van der Waals surface area contributed by atoms with Crippen LogP contribution in [-0.2, 0) is 9.59 Å². The van der Waals surface area contributed by atoms with Gasteiger partial charge in [0.05, 0.1) is 22.2 Å². The summed E-state index contributed by atoms with van der Waals surface area (Å²) in [6.45, 7) is 14.8.